The first-order valence-corrected chi connectivity index (χ1v) is 8.46. The second kappa shape index (κ2) is 9.07. The van der Waals surface area contributed by atoms with E-state index in [1.807, 2.05) is 35.8 Å². The van der Waals surface area contributed by atoms with Crippen molar-refractivity contribution in [2.75, 3.05) is 38.2 Å². The van der Waals surface area contributed by atoms with Crippen molar-refractivity contribution < 1.29 is 4.74 Å². The smallest absolute Gasteiger partial charge is 0.191 e. The molecule has 8 heteroatoms. The minimum absolute atomic E-state index is 0. The van der Waals surface area contributed by atoms with E-state index in [0.29, 0.717) is 12.5 Å². The maximum Gasteiger partial charge on any atom is 0.191 e. The summed E-state index contributed by atoms with van der Waals surface area (Å²) in [5, 5.41) is 3.09. The molecule has 0 amide bonds. The fraction of sp³-hybridized carbons (Fsp3) is 0.375. The van der Waals surface area contributed by atoms with Crippen molar-refractivity contribution in [2.45, 2.75) is 6.54 Å². The standard InChI is InChI=1S/C16H21N5OS.HI/c1-22-14-4-2-13(3-5-14)12-19-15(17)20-7-9-21(10-8-20)16-18-6-11-23-16;/h2-6,11H,7-10,12H2,1H3,(H2,17,19);1H. The molecule has 0 unspecified atom stereocenters. The highest BCUT2D eigenvalue weighted by atomic mass is 127. The molecule has 0 aliphatic carbocycles. The molecular weight excluding hydrogens is 437 g/mol. The van der Waals surface area contributed by atoms with Crippen molar-refractivity contribution >= 4 is 46.4 Å². The molecule has 1 fully saturated rings. The zero-order valence-electron chi connectivity index (χ0n) is 13.6. The predicted octanol–water partition coefficient (Wildman–Crippen LogP) is 2.41. The number of guanidine groups is 1. The van der Waals surface area contributed by atoms with Gasteiger partial charge in [-0.3, -0.25) is 0 Å². The van der Waals surface area contributed by atoms with Crippen molar-refractivity contribution in [1.29, 1.82) is 0 Å². The van der Waals surface area contributed by atoms with Crippen LogP contribution in [0.25, 0.3) is 0 Å². The van der Waals surface area contributed by atoms with E-state index in [1.54, 1.807) is 18.4 Å². The minimum Gasteiger partial charge on any atom is -0.497 e. The van der Waals surface area contributed by atoms with Crippen LogP contribution in [0.5, 0.6) is 5.75 Å². The second-order valence-electron chi connectivity index (χ2n) is 5.31. The van der Waals surface area contributed by atoms with E-state index in [4.69, 9.17) is 10.5 Å². The van der Waals surface area contributed by atoms with E-state index in [2.05, 4.69) is 19.8 Å². The average molecular weight is 459 g/mol. The SMILES string of the molecule is COc1ccc(CN=C(N)N2CCN(c3nccs3)CC2)cc1.I. The molecule has 1 saturated heterocycles. The van der Waals surface area contributed by atoms with E-state index in [0.717, 1.165) is 42.6 Å². The Morgan fingerprint density at radius 1 is 1.25 bits per heavy atom. The highest BCUT2D eigenvalue weighted by Gasteiger charge is 2.19. The number of aliphatic imine (C=N–C) groups is 1. The van der Waals surface area contributed by atoms with Crippen LogP contribution in [-0.4, -0.2) is 49.1 Å². The average Bonchev–Trinajstić information content (AvgIpc) is 3.15. The summed E-state index contributed by atoms with van der Waals surface area (Å²) in [6.45, 7) is 4.18. The summed E-state index contributed by atoms with van der Waals surface area (Å²) in [7, 11) is 1.66. The second-order valence-corrected chi connectivity index (χ2v) is 6.18. The number of methoxy groups -OCH3 is 1. The van der Waals surface area contributed by atoms with Crippen LogP contribution in [0.15, 0.2) is 40.8 Å². The summed E-state index contributed by atoms with van der Waals surface area (Å²) >= 11 is 1.67. The summed E-state index contributed by atoms with van der Waals surface area (Å²) in [5.74, 6) is 1.46. The summed E-state index contributed by atoms with van der Waals surface area (Å²) < 4.78 is 5.15. The highest BCUT2D eigenvalue weighted by Crippen LogP contribution is 2.18. The third-order valence-electron chi connectivity index (χ3n) is 3.88. The third kappa shape index (κ3) is 4.73. The third-order valence-corrected chi connectivity index (χ3v) is 4.71. The molecule has 2 aromatic rings. The molecule has 6 nitrogen and oxygen atoms in total. The van der Waals surface area contributed by atoms with Crippen molar-refractivity contribution in [2.24, 2.45) is 10.7 Å². The van der Waals surface area contributed by atoms with Crippen LogP contribution < -0.4 is 15.4 Å². The monoisotopic (exact) mass is 459 g/mol. The number of nitrogens with two attached hydrogens (primary N) is 1. The Hall–Kier alpha value is -1.55. The van der Waals surface area contributed by atoms with Gasteiger partial charge in [0, 0.05) is 37.8 Å². The number of halogens is 1. The topological polar surface area (TPSA) is 67.0 Å². The van der Waals surface area contributed by atoms with Gasteiger partial charge in [0.05, 0.1) is 13.7 Å². The number of benzene rings is 1. The Labute approximate surface area is 163 Å². The summed E-state index contributed by atoms with van der Waals surface area (Å²) in [6, 6.07) is 7.90. The first-order chi connectivity index (χ1) is 11.3. The van der Waals surface area contributed by atoms with Crippen molar-refractivity contribution in [3.8, 4) is 5.75 Å². The number of aromatic nitrogens is 1. The molecule has 3 rings (SSSR count). The molecule has 2 heterocycles. The van der Waals surface area contributed by atoms with Crippen molar-refractivity contribution in [3.05, 3.63) is 41.4 Å². The van der Waals surface area contributed by atoms with Crippen molar-refractivity contribution in [3.63, 3.8) is 0 Å². The zero-order valence-corrected chi connectivity index (χ0v) is 16.7. The molecule has 1 aliphatic heterocycles. The van der Waals surface area contributed by atoms with Crippen molar-refractivity contribution in [1.82, 2.24) is 9.88 Å². The quantitative estimate of drug-likeness (QED) is 0.432. The molecule has 1 aromatic heterocycles. The molecule has 0 saturated carbocycles. The lowest BCUT2D eigenvalue weighted by molar-refractivity contribution is 0.380. The highest BCUT2D eigenvalue weighted by molar-refractivity contribution is 14.0. The van der Waals surface area contributed by atoms with Gasteiger partial charge in [-0.25, -0.2) is 9.98 Å². The number of ether oxygens (including phenoxy) is 1. The van der Waals surface area contributed by atoms with Crippen LogP contribution in [0, 0.1) is 0 Å². The van der Waals surface area contributed by atoms with Crippen LogP contribution in [0.3, 0.4) is 0 Å². The summed E-state index contributed by atoms with van der Waals surface area (Å²) in [5.41, 5.74) is 7.26. The van der Waals surface area contributed by atoms with Crippen LogP contribution in [0.1, 0.15) is 5.56 Å². The van der Waals surface area contributed by atoms with Crippen LogP contribution in [0.2, 0.25) is 0 Å². The van der Waals surface area contributed by atoms with Gasteiger partial charge in [-0.2, -0.15) is 0 Å². The van der Waals surface area contributed by atoms with Gasteiger partial charge in [0.1, 0.15) is 5.75 Å². The molecule has 0 radical (unpaired) electrons. The Kier molecular flexibility index (Phi) is 7.10. The van der Waals surface area contributed by atoms with Crippen LogP contribution in [-0.2, 0) is 6.54 Å². The molecule has 24 heavy (non-hydrogen) atoms. The lowest BCUT2D eigenvalue weighted by atomic mass is 10.2. The number of rotatable bonds is 4. The Morgan fingerprint density at radius 2 is 1.96 bits per heavy atom. The molecule has 130 valence electrons. The number of anilines is 1. The molecule has 0 bridgehead atoms. The largest absolute Gasteiger partial charge is 0.497 e. The van der Waals surface area contributed by atoms with Gasteiger partial charge in [-0.1, -0.05) is 12.1 Å². The normalized spacial score (nSPS) is 15.1. The molecule has 0 spiro atoms. The summed E-state index contributed by atoms with van der Waals surface area (Å²) in [6.07, 6.45) is 1.84. The number of hydrogen-bond donors (Lipinski definition) is 1. The van der Waals surface area contributed by atoms with E-state index in [9.17, 15) is 0 Å². The van der Waals surface area contributed by atoms with Crippen LogP contribution in [0.4, 0.5) is 5.13 Å². The van der Waals surface area contributed by atoms with E-state index in [1.165, 1.54) is 0 Å². The van der Waals surface area contributed by atoms with Gasteiger partial charge in [0.15, 0.2) is 11.1 Å². The Balaban J connectivity index is 0.00000208. The lowest BCUT2D eigenvalue weighted by Crippen LogP contribution is -2.51. The van der Waals surface area contributed by atoms with Gasteiger partial charge in [-0.15, -0.1) is 35.3 Å². The van der Waals surface area contributed by atoms with Gasteiger partial charge < -0.3 is 20.3 Å². The zero-order chi connectivity index (χ0) is 16.1. The van der Waals surface area contributed by atoms with Crippen LogP contribution >= 0.6 is 35.3 Å². The fourth-order valence-corrected chi connectivity index (χ4v) is 3.20. The number of nitrogens with zero attached hydrogens (tertiary/aromatic N) is 4. The summed E-state index contributed by atoms with van der Waals surface area (Å²) in [4.78, 5) is 13.3. The Bertz CT molecular complexity index is 639. The molecule has 2 N–H and O–H groups in total. The molecular formula is C16H22IN5OS. The van der Waals surface area contributed by atoms with Gasteiger partial charge in [-0.05, 0) is 17.7 Å². The van der Waals surface area contributed by atoms with E-state index in [-0.39, 0.29) is 24.0 Å². The first kappa shape index (κ1) is 18.8. The maximum absolute atomic E-state index is 6.14. The van der Waals surface area contributed by atoms with E-state index >= 15 is 0 Å². The molecule has 1 aliphatic rings. The number of hydrogen-bond acceptors (Lipinski definition) is 5. The first-order valence-electron chi connectivity index (χ1n) is 7.58. The number of piperazine rings is 1. The van der Waals surface area contributed by atoms with E-state index < -0.39 is 0 Å². The van der Waals surface area contributed by atoms with Gasteiger partial charge in [0.25, 0.3) is 0 Å². The maximum atomic E-state index is 6.14. The minimum atomic E-state index is 0. The lowest BCUT2D eigenvalue weighted by Gasteiger charge is -2.35. The van der Waals surface area contributed by atoms with Gasteiger partial charge >= 0.3 is 0 Å². The molecule has 0 atom stereocenters. The molecule has 1 aromatic carbocycles. The van der Waals surface area contributed by atoms with Gasteiger partial charge in [0.2, 0.25) is 0 Å². The number of thiazole rings is 1. The predicted molar refractivity (Wildman–Crippen MR) is 110 cm³/mol. The Morgan fingerprint density at radius 3 is 2.54 bits per heavy atom. The fourth-order valence-electron chi connectivity index (χ4n) is 2.50.